The SMILES string of the molecule is CCN(CC1CCNCC1)C1CC(=O)N(C)C1=O. The summed E-state index contributed by atoms with van der Waals surface area (Å²) in [6.07, 6.45) is 2.69. The van der Waals surface area contributed by atoms with Gasteiger partial charge in [0.15, 0.2) is 0 Å². The largest absolute Gasteiger partial charge is 0.317 e. The highest BCUT2D eigenvalue weighted by molar-refractivity contribution is 6.05. The molecule has 2 amide bonds. The average Bonchev–Trinajstić information content (AvgIpc) is 2.65. The Morgan fingerprint density at radius 1 is 1.33 bits per heavy atom. The van der Waals surface area contributed by atoms with Crippen LogP contribution in [0.3, 0.4) is 0 Å². The minimum absolute atomic E-state index is 0.0317. The number of carbonyl (C=O) groups excluding carboxylic acids is 2. The molecule has 102 valence electrons. The minimum atomic E-state index is -0.220. The smallest absolute Gasteiger partial charge is 0.246 e. The number of likely N-dealkylation sites (tertiary alicyclic amines) is 1. The Bertz CT molecular complexity index is 326. The Labute approximate surface area is 108 Å². The van der Waals surface area contributed by atoms with Gasteiger partial charge in [-0.25, -0.2) is 0 Å². The number of carbonyl (C=O) groups is 2. The Kier molecular flexibility index (Phi) is 4.35. The third-order valence-electron chi connectivity index (χ3n) is 4.16. The van der Waals surface area contributed by atoms with Crippen LogP contribution in [0.1, 0.15) is 26.2 Å². The molecule has 2 saturated heterocycles. The van der Waals surface area contributed by atoms with Crippen molar-refractivity contribution in [2.75, 3.05) is 33.2 Å². The van der Waals surface area contributed by atoms with Crippen molar-refractivity contribution in [2.24, 2.45) is 5.92 Å². The summed E-state index contributed by atoms with van der Waals surface area (Å²) >= 11 is 0. The third kappa shape index (κ3) is 2.72. The van der Waals surface area contributed by atoms with Crippen molar-refractivity contribution in [1.29, 1.82) is 0 Å². The van der Waals surface area contributed by atoms with E-state index in [0.29, 0.717) is 12.3 Å². The summed E-state index contributed by atoms with van der Waals surface area (Å²) in [5.41, 5.74) is 0. The van der Waals surface area contributed by atoms with E-state index in [1.54, 1.807) is 7.05 Å². The summed E-state index contributed by atoms with van der Waals surface area (Å²) in [5, 5.41) is 3.35. The average molecular weight is 253 g/mol. The van der Waals surface area contributed by atoms with E-state index in [0.717, 1.165) is 26.2 Å². The first-order valence-corrected chi connectivity index (χ1v) is 6.88. The van der Waals surface area contributed by atoms with Gasteiger partial charge in [-0.3, -0.25) is 19.4 Å². The predicted molar refractivity (Wildman–Crippen MR) is 69.0 cm³/mol. The molecule has 2 aliphatic heterocycles. The molecule has 0 aromatic heterocycles. The first-order chi connectivity index (χ1) is 8.63. The number of likely N-dealkylation sites (N-methyl/N-ethyl adjacent to an activating group) is 2. The van der Waals surface area contributed by atoms with E-state index in [-0.39, 0.29) is 17.9 Å². The Morgan fingerprint density at radius 3 is 2.50 bits per heavy atom. The summed E-state index contributed by atoms with van der Waals surface area (Å²) in [7, 11) is 1.59. The molecule has 0 spiro atoms. The maximum Gasteiger partial charge on any atom is 0.246 e. The molecule has 0 radical (unpaired) electrons. The standard InChI is InChI=1S/C13H23N3O2/c1-3-16(9-10-4-6-14-7-5-10)11-8-12(17)15(2)13(11)18/h10-11,14H,3-9H2,1-2H3. The molecule has 2 fully saturated rings. The fourth-order valence-corrected chi connectivity index (χ4v) is 2.89. The monoisotopic (exact) mass is 253 g/mol. The topological polar surface area (TPSA) is 52.7 Å². The molecule has 5 heteroatoms. The molecule has 0 aromatic carbocycles. The lowest BCUT2D eigenvalue weighted by atomic mass is 9.96. The van der Waals surface area contributed by atoms with Crippen LogP contribution in [0, 0.1) is 5.92 Å². The van der Waals surface area contributed by atoms with Gasteiger partial charge in [0.05, 0.1) is 12.5 Å². The third-order valence-corrected chi connectivity index (χ3v) is 4.16. The van der Waals surface area contributed by atoms with Gasteiger partial charge in [0.2, 0.25) is 11.8 Å². The Morgan fingerprint density at radius 2 is 2.00 bits per heavy atom. The van der Waals surface area contributed by atoms with E-state index >= 15 is 0 Å². The molecule has 0 bridgehead atoms. The molecule has 1 atom stereocenters. The van der Waals surface area contributed by atoms with Crippen molar-refractivity contribution >= 4 is 11.8 Å². The second-order valence-electron chi connectivity index (χ2n) is 5.29. The maximum absolute atomic E-state index is 12.0. The molecular formula is C13H23N3O2. The Hall–Kier alpha value is -0.940. The molecule has 1 unspecified atom stereocenters. The van der Waals surface area contributed by atoms with E-state index < -0.39 is 0 Å². The van der Waals surface area contributed by atoms with Gasteiger partial charge in [-0.2, -0.15) is 0 Å². The zero-order valence-corrected chi connectivity index (χ0v) is 11.3. The maximum atomic E-state index is 12.0. The molecule has 2 heterocycles. The summed E-state index contributed by atoms with van der Waals surface area (Å²) < 4.78 is 0. The summed E-state index contributed by atoms with van der Waals surface area (Å²) in [6.45, 7) is 5.98. The molecule has 18 heavy (non-hydrogen) atoms. The van der Waals surface area contributed by atoms with Gasteiger partial charge in [-0.15, -0.1) is 0 Å². The molecule has 1 N–H and O–H groups in total. The molecule has 0 aromatic rings. The fourth-order valence-electron chi connectivity index (χ4n) is 2.89. The summed E-state index contributed by atoms with van der Waals surface area (Å²) in [6, 6.07) is -0.220. The second kappa shape index (κ2) is 5.80. The first-order valence-electron chi connectivity index (χ1n) is 6.88. The lowest BCUT2D eigenvalue weighted by molar-refractivity contribution is -0.138. The quantitative estimate of drug-likeness (QED) is 0.720. The minimum Gasteiger partial charge on any atom is -0.317 e. The molecular weight excluding hydrogens is 230 g/mol. The number of hydrogen-bond donors (Lipinski definition) is 1. The van der Waals surface area contributed by atoms with Crippen LogP contribution in [-0.4, -0.2) is 60.9 Å². The van der Waals surface area contributed by atoms with E-state index in [2.05, 4.69) is 17.1 Å². The van der Waals surface area contributed by atoms with E-state index in [4.69, 9.17) is 0 Å². The molecule has 5 nitrogen and oxygen atoms in total. The number of amides is 2. The number of imide groups is 1. The van der Waals surface area contributed by atoms with Crippen LogP contribution in [0.25, 0.3) is 0 Å². The van der Waals surface area contributed by atoms with Crippen molar-refractivity contribution in [2.45, 2.75) is 32.2 Å². The first kappa shape index (κ1) is 13.5. The van der Waals surface area contributed by atoms with Crippen molar-refractivity contribution in [3.8, 4) is 0 Å². The van der Waals surface area contributed by atoms with Crippen molar-refractivity contribution in [1.82, 2.24) is 15.1 Å². The van der Waals surface area contributed by atoms with Gasteiger partial charge < -0.3 is 5.32 Å². The highest BCUT2D eigenvalue weighted by atomic mass is 16.2. The predicted octanol–water partition coefficient (Wildman–Crippen LogP) is 0.0652. The second-order valence-corrected chi connectivity index (χ2v) is 5.29. The number of nitrogens with one attached hydrogen (secondary N) is 1. The van der Waals surface area contributed by atoms with Crippen LogP contribution in [0.2, 0.25) is 0 Å². The van der Waals surface area contributed by atoms with Crippen LogP contribution in [0.15, 0.2) is 0 Å². The van der Waals surface area contributed by atoms with Crippen molar-refractivity contribution in [3.05, 3.63) is 0 Å². The van der Waals surface area contributed by atoms with Gasteiger partial charge in [0.25, 0.3) is 0 Å². The van der Waals surface area contributed by atoms with Gasteiger partial charge in [-0.1, -0.05) is 6.92 Å². The van der Waals surface area contributed by atoms with E-state index in [1.807, 2.05) is 0 Å². The van der Waals surface area contributed by atoms with Crippen LogP contribution in [0.4, 0.5) is 0 Å². The highest BCUT2D eigenvalue weighted by Crippen LogP contribution is 2.21. The zero-order chi connectivity index (χ0) is 13.1. The van der Waals surface area contributed by atoms with Gasteiger partial charge in [-0.05, 0) is 38.4 Å². The number of nitrogens with zero attached hydrogens (tertiary/aromatic N) is 2. The van der Waals surface area contributed by atoms with Crippen LogP contribution < -0.4 is 5.32 Å². The van der Waals surface area contributed by atoms with Gasteiger partial charge in [0.1, 0.15) is 0 Å². The lowest BCUT2D eigenvalue weighted by Gasteiger charge is -2.32. The lowest BCUT2D eigenvalue weighted by Crippen LogP contribution is -2.45. The van der Waals surface area contributed by atoms with Crippen LogP contribution in [-0.2, 0) is 9.59 Å². The van der Waals surface area contributed by atoms with Crippen molar-refractivity contribution < 1.29 is 9.59 Å². The van der Waals surface area contributed by atoms with Crippen molar-refractivity contribution in [3.63, 3.8) is 0 Å². The summed E-state index contributed by atoms with van der Waals surface area (Å²) in [5.74, 6) is 0.574. The zero-order valence-electron chi connectivity index (χ0n) is 11.3. The van der Waals surface area contributed by atoms with Gasteiger partial charge in [0, 0.05) is 13.6 Å². The normalized spacial score (nSPS) is 26.4. The fraction of sp³-hybridized carbons (Fsp3) is 0.846. The molecule has 0 saturated carbocycles. The summed E-state index contributed by atoms with van der Waals surface area (Å²) in [4.78, 5) is 27.0. The Balaban J connectivity index is 1.96. The number of piperidine rings is 1. The highest BCUT2D eigenvalue weighted by Gasteiger charge is 2.39. The van der Waals surface area contributed by atoms with E-state index in [1.165, 1.54) is 17.7 Å². The molecule has 2 rings (SSSR count). The molecule has 2 aliphatic rings. The van der Waals surface area contributed by atoms with Crippen LogP contribution in [0.5, 0.6) is 0 Å². The number of hydrogen-bond acceptors (Lipinski definition) is 4. The van der Waals surface area contributed by atoms with E-state index in [9.17, 15) is 9.59 Å². The van der Waals surface area contributed by atoms with Gasteiger partial charge >= 0.3 is 0 Å². The molecule has 0 aliphatic carbocycles. The number of rotatable bonds is 4. The van der Waals surface area contributed by atoms with Crippen LogP contribution >= 0.6 is 0 Å².